The Morgan fingerprint density at radius 2 is 1.94 bits per heavy atom. The van der Waals surface area contributed by atoms with Crippen molar-refractivity contribution in [1.29, 1.82) is 0 Å². The average Bonchev–Trinajstić information content (AvgIpc) is 2.21. The van der Waals surface area contributed by atoms with E-state index in [1.165, 1.54) is 6.07 Å². The SMILES string of the molecule is CC(C)(NC(=O)CN)c1ccc(F)c(F)c1.Cl. The van der Waals surface area contributed by atoms with Gasteiger partial charge in [-0.25, -0.2) is 8.78 Å². The van der Waals surface area contributed by atoms with Crippen LogP contribution in [0.15, 0.2) is 18.2 Å². The molecule has 3 N–H and O–H groups in total. The number of carbonyl (C=O) groups is 1. The Bertz CT molecular complexity index is 410. The Labute approximate surface area is 105 Å². The van der Waals surface area contributed by atoms with Crippen molar-refractivity contribution in [2.24, 2.45) is 5.73 Å². The Morgan fingerprint density at radius 1 is 1.35 bits per heavy atom. The maximum absolute atomic E-state index is 13.0. The summed E-state index contributed by atoms with van der Waals surface area (Å²) in [4.78, 5) is 11.1. The fourth-order valence-electron chi connectivity index (χ4n) is 1.36. The van der Waals surface area contributed by atoms with Gasteiger partial charge >= 0.3 is 0 Å². The number of nitrogens with one attached hydrogen (secondary N) is 1. The molecule has 0 atom stereocenters. The van der Waals surface area contributed by atoms with Crippen LogP contribution in [0.2, 0.25) is 0 Å². The van der Waals surface area contributed by atoms with Crippen molar-refractivity contribution in [3.05, 3.63) is 35.4 Å². The van der Waals surface area contributed by atoms with Crippen LogP contribution in [0.4, 0.5) is 8.78 Å². The Hall–Kier alpha value is -1.20. The normalized spacial score (nSPS) is 10.6. The number of halogens is 3. The van der Waals surface area contributed by atoms with E-state index in [-0.39, 0.29) is 24.9 Å². The van der Waals surface area contributed by atoms with E-state index in [1.807, 2.05) is 0 Å². The number of carbonyl (C=O) groups excluding carboxylic acids is 1. The minimum Gasteiger partial charge on any atom is -0.346 e. The van der Waals surface area contributed by atoms with E-state index in [1.54, 1.807) is 13.8 Å². The molecular formula is C11H15ClF2N2O. The number of nitrogens with two attached hydrogens (primary N) is 1. The van der Waals surface area contributed by atoms with Crippen molar-refractivity contribution >= 4 is 18.3 Å². The van der Waals surface area contributed by atoms with E-state index < -0.39 is 17.2 Å². The van der Waals surface area contributed by atoms with Crippen molar-refractivity contribution in [2.75, 3.05) is 6.54 Å². The maximum Gasteiger partial charge on any atom is 0.234 e. The molecule has 1 amide bonds. The van der Waals surface area contributed by atoms with Gasteiger partial charge in [0.1, 0.15) is 0 Å². The smallest absolute Gasteiger partial charge is 0.234 e. The minimum absolute atomic E-state index is 0. The van der Waals surface area contributed by atoms with Gasteiger partial charge in [0, 0.05) is 0 Å². The van der Waals surface area contributed by atoms with Crippen molar-refractivity contribution < 1.29 is 13.6 Å². The third-order valence-electron chi connectivity index (χ3n) is 2.28. The van der Waals surface area contributed by atoms with Gasteiger partial charge in [-0.1, -0.05) is 6.07 Å². The highest BCUT2D eigenvalue weighted by Crippen LogP contribution is 2.21. The zero-order valence-electron chi connectivity index (χ0n) is 9.59. The van der Waals surface area contributed by atoms with Crippen LogP contribution in [0.3, 0.4) is 0 Å². The summed E-state index contributed by atoms with van der Waals surface area (Å²) in [6.07, 6.45) is 0. The van der Waals surface area contributed by atoms with Gasteiger partial charge in [0.15, 0.2) is 11.6 Å². The van der Waals surface area contributed by atoms with Crippen molar-refractivity contribution in [1.82, 2.24) is 5.32 Å². The summed E-state index contributed by atoms with van der Waals surface area (Å²) >= 11 is 0. The van der Waals surface area contributed by atoms with Crippen molar-refractivity contribution in [2.45, 2.75) is 19.4 Å². The number of rotatable bonds is 3. The Kier molecular flexibility index (Phi) is 5.51. The van der Waals surface area contributed by atoms with E-state index in [0.717, 1.165) is 12.1 Å². The van der Waals surface area contributed by atoms with Gasteiger partial charge in [-0.3, -0.25) is 4.79 Å². The quantitative estimate of drug-likeness (QED) is 0.873. The summed E-state index contributed by atoms with van der Waals surface area (Å²) < 4.78 is 25.7. The minimum atomic E-state index is -0.937. The summed E-state index contributed by atoms with van der Waals surface area (Å²) in [6.45, 7) is 3.23. The number of hydrogen-bond donors (Lipinski definition) is 2. The summed E-state index contributed by atoms with van der Waals surface area (Å²) in [5, 5.41) is 2.62. The highest BCUT2D eigenvalue weighted by Gasteiger charge is 2.23. The lowest BCUT2D eigenvalue weighted by atomic mass is 9.94. The van der Waals surface area contributed by atoms with E-state index in [0.29, 0.717) is 5.56 Å². The number of benzene rings is 1. The molecule has 0 radical (unpaired) electrons. The summed E-state index contributed by atoms with van der Waals surface area (Å²) in [5.74, 6) is -2.20. The first-order chi connectivity index (χ1) is 7.36. The fraction of sp³-hybridized carbons (Fsp3) is 0.364. The van der Waals surface area contributed by atoms with Gasteiger partial charge in [-0.05, 0) is 31.5 Å². The Morgan fingerprint density at radius 3 is 2.41 bits per heavy atom. The van der Waals surface area contributed by atoms with Crippen LogP contribution < -0.4 is 11.1 Å². The van der Waals surface area contributed by atoms with Crippen LogP contribution in [0.5, 0.6) is 0 Å². The highest BCUT2D eigenvalue weighted by atomic mass is 35.5. The molecule has 1 aromatic carbocycles. The molecule has 0 aliphatic carbocycles. The van der Waals surface area contributed by atoms with Gasteiger partial charge in [0.2, 0.25) is 5.91 Å². The predicted octanol–water partition coefficient (Wildman–Crippen LogP) is 1.70. The lowest BCUT2D eigenvalue weighted by Crippen LogP contribution is -2.43. The van der Waals surface area contributed by atoms with Crippen LogP contribution in [0.1, 0.15) is 19.4 Å². The molecular weight excluding hydrogens is 250 g/mol. The molecule has 3 nitrogen and oxygen atoms in total. The third kappa shape index (κ3) is 3.94. The fourth-order valence-corrected chi connectivity index (χ4v) is 1.36. The predicted molar refractivity (Wildman–Crippen MR) is 63.8 cm³/mol. The van der Waals surface area contributed by atoms with E-state index in [9.17, 15) is 13.6 Å². The zero-order valence-corrected chi connectivity index (χ0v) is 10.4. The lowest BCUT2D eigenvalue weighted by molar-refractivity contribution is -0.121. The van der Waals surface area contributed by atoms with E-state index in [2.05, 4.69) is 5.32 Å². The van der Waals surface area contributed by atoms with Crippen LogP contribution in [-0.2, 0) is 10.3 Å². The van der Waals surface area contributed by atoms with Gasteiger partial charge in [-0.15, -0.1) is 12.4 Å². The second kappa shape index (κ2) is 5.93. The number of amides is 1. The van der Waals surface area contributed by atoms with Crippen LogP contribution in [-0.4, -0.2) is 12.5 Å². The first-order valence-electron chi connectivity index (χ1n) is 4.83. The molecule has 96 valence electrons. The molecule has 0 aliphatic rings. The monoisotopic (exact) mass is 264 g/mol. The molecule has 0 spiro atoms. The molecule has 0 bridgehead atoms. The third-order valence-corrected chi connectivity index (χ3v) is 2.28. The molecule has 0 unspecified atom stereocenters. The van der Waals surface area contributed by atoms with E-state index >= 15 is 0 Å². The molecule has 0 fully saturated rings. The summed E-state index contributed by atoms with van der Waals surface area (Å²) in [5.41, 5.74) is 4.86. The lowest BCUT2D eigenvalue weighted by Gasteiger charge is -2.26. The Balaban J connectivity index is 0.00000256. The molecule has 0 saturated carbocycles. The van der Waals surface area contributed by atoms with E-state index in [4.69, 9.17) is 5.73 Å². The summed E-state index contributed by atoms with van der Waals surface area (Å²) in [6, 6.07) is 3.52. The maximum atomic E-state index is 13.0. The van der Waals surface area contributed by atoms with Gasteiger partial charge < -0.3 is 11.1 Å². The summed E-state index contributed by atoms with van der Waals surface area (Å²) in [7, 11) is 0. The van der Waals surface area contributed by atoms with Crippen molar-refractivity contribution in [3.63, 3.8) is 0 Å². The van der Waals surface area contributed by atoms with Gasteiger partial charge in [0.05, 0.1) is 12.1 Å². The molecule has 1 rings (SSSR count). The van der Waals surface area contributed by atoms with Crippen LogP contribution in [0, 0.1) is 11.6 Å². The second-order valence-corrected chi connectivity index (χ2v) is 4.01. The average molecular weight is 265 g/mol. The molecule has 6 heteroatoms. The molecule has 0 saturated heterocycles. The molecule has 17 heavy (non-hydrogen) atoms. The van der Waals surface area contributed by atoms with Crippen LogP contribution >= 0.6 is 12.4 Å². The van der Waals surface area contributed by atoms with Gasteiger partial charge in [0.25, 0.3) is 0 Å². The molecule has 1 aromatic rings. The number of hydrogen-bond acceptors (Lipinski definition) is 2. The van der Waals surface area contributed by atoms with Crippen LogP contribution in [0.25, 0.3) is 0 Å². The first-order valence-corrected chi connectivity index (χ1v) is 4.83. The molecule has 0 aliphatic heterocycles. The largest absolute Gasteiger partial charge is 0.346 e. The molecule has 0 aromatic heterocycles. The standard InChI is InChI=1S/C11H14F2N2O.ClH/c1-11(2,15-10(16)6-14)7-3-4-8(12)9(13)5-7;/h3-5H,6,14H2,1-2H3,(H,15,16);1H. The first kappa shape index (κ1) is 15.8. The second-order valence-electron chi connectivity index (χ2n) is 4.01. The topological polar surface area (TPSA) is 55.1 Å². The zero-order chi connectivity index (χ0) is 12.3. The highest BCUT2D eigenvalue weighted by molar-refractivity contribution is 5.85. The van der Waals surface area contributed by atoms with Crippen molar-refractivity contribution in [3.8, 4) is 0 Å². The molecule has 0 heterocycles. The van der Waals surface area contributed by atoms with Gasteiger partial charge in [-0.2, -0.15) is 0 Å².